The van der Waals surface area contributed by atoms with Crippen LogP contribution < -0.4 is 5.32 Å². The van der Waals surface area contributed by atoms with E-state index in [9.17, 15) is 18.0 Å². The van der Waals surface area contributed by atoms with Crippen LogP contribution in [0.5, 0.6) is 0 Å². The Kier molecular flexibility index (Phi) is 4.79. The first-order valence-corrected chi connectivity index (χ1v) is 6.62. The van der Waals surface area contributed by atoms with E-state index in [0.29, 0.717) is 12.1 Å². The molecule has 0 aliphatic carbocycles. The summed E-state index contributed by atoms with van der Waals surface area (Å²) in [5, 5.41) is 6.63. The number of halogens is 3. The Labute approximate surface area is 125 Å². The Morgan fingerprint density at radius 3 is 2.82 bits per heavy atom. The minimum atomic E-state index is -4.41. The first kappa shape index (κ1) is 16.0. The number of nitrogens with zero attached hydrogens (tertiary/aromatic N) is 3. The molecule has 0 spiro atoms. The predicted molar refractivity (Wildman–Crippen MR) is 72.8 cm³/mol. The van der Waals surface area contributed by atoms with Gasteiger partial charge in [0.05, 0.1) is 18.5 Å². The number of carbonyl (C=O) groups excluding carboxylic acids is 1. The van der Waals surface area contributed by atoms with Gasteiger partial charge in [0, 0.05) is 6.04 Å². The zero-order valence-corrected chi connectivity index (χ0v) is 11.8. The molecule has 118 valence electrons. The first-order chi connectivity index (χ1) is 10.3. The van der Waals surface area contributed by atoms with Crippen molar-refractivity contribution in [2.75, 3.05) is 0 Å². The molecule has 1 heterocycles. The van der Waals surface area contributed by atoms with Gasteiger partial charge in [-0.25, -0.2) is 4.98 Å². The van der Waals surface area contributed by atoms with Gasteiger partial charge in [0.1, 0.15) is 12.7 Å². The summed E-state index contributed by atoms with van der Waals surface area (Å²) in [6.45, 7) is 2.22. The highest BCUT2D eigenvalue weighted by Gasteiger charge is 2.30. The van der Waals surface area contributed by atoms with E-state index in [0.717, 1.165) is 12.1 Å². The van der Waals surface area contributed by atoms with Crippen LogP contribution in [0.25, 0.3) is 0 Å². The van der Waals surface area contributed by atoms with Crippen molar-refractivity contribution in [2.24, 2.45) is 0 Å². The molecule has 1 amide bonds. The monoisotopic (exact) mass is 312 g/mol. The molecule has 1 aromatic carbocycles. The Morgan fingerprint density at radius 1 is 1.41 bits per heavy atom. The Morgan fingerprint density at radius 2 is 2.18 bits per heavy atom. The maximum Gasteiger partial charge on any atom is 0.416 e. The van der Waals surface area contributed by atoms with E-state index in [-0.39, 0.29) is 18.4 Å². The van der Waals surface area contributed by atoms with Crippen LogP contribution in [0.15, 0.2) is 36.9 Å². The molecule has 1 aromatic heterocycles. The zero-order valence-electron chi connectivity index (χ0n) is 11.8. The third kappa shape index (κ3) is 4.57. The summed E-state index contributed by atoms with van der Waals surface area (Å²) < 4.78 is 39.4. The van der Waals surface area contributed by atoms with E-state index in [4.69, 9.17) is 0 Å². The number of amides is 1. The number of hydrogen-bond acceptors (Lipinski definition) is 3. The van der Waals surface area contributed by atoms with Crippen molar-refractivity contribution in [2.45, 2.75) is 32.1 Å². The Bertz CT molecular complexity index is 625. The fraction of sp³-hybridized carbons (Fsp3) is 0.357. The van der Waals surface area contributed by atoms with Crippen LogP contribution in [-0.4, -0.2) is 26.7 Å². The summed E-state index contributed by atoms with van der Waals surface area (Å²) in [6, 6.07) is 4.55. The Hall–Kier alpha value is -2.38. The van der Waals surface area contributed by atoms with Crippen molar-refractivity contribution in [1.82, 2.24) is 20.1 Å². The van der Waals surface area contributed by atoms with Gasteiger partial charge in [0.25, 0.3) is 0 Å². The quantitative estimate of drug-likeness (QED) is 0.919. The Balaban J connectivity index is 1.91. The average molecular weight is 312 g/mol. The normalized spacial score (nSPS) is 12.9. The lowest BCUT2D eigenvalue weighted by molar-refractivity contribution is -0.137. The molecule has 0 aliphatic rings. The molecule has 2 rings (SSSR count). The van der Waals surface area contributed by atoms with Gasteiger partial charge in [-0.1, -0.05) is 18.2 Å². The fourth-order valence-electron chi connectivity index (χ4n) is 2.02. The highest BCUT2D eigenvalue weighted by atomic mass is 19.4. The van der Waals surface area contributed by atoms with Gasteiger partial charge in [-0.15, -0.1) is 0 Å². The minimum absolute atomic E-state index is 0.106. The fourth-order valence-corrected chi connectivity index (χ4v) is 2.02. The van der Waals surface area contributed by atoms with E-state index in [2.05, 4.69) is 15.4 Å². The van der Waals surface area contributed by atoms with E-state index >= 15 is 0 Å². The highest BCUT2D eigenvalue weighted by Crippen LogP contribution is 2.29. The van der Waals surface area contributed by atoms with Gasteiger partial charge >= 0.3 is 6.18 Å². The summed E-state index contributed by atoms with van der Waals surface area (Å²) in [5.41, 5.74) is -0.436. The van der Waals surface area contributed by atoms with Crippen molar-refractivity contribution in [1.29, 1.82) is 0 Å². The molecule has 0 radical (unpaired) electrons. The molecule has 0 saturated heterocycles. The molecule has 0 aliphatic heterocycles. The SMILES string of the molecule is C[C@H](Cn1cncn1)NC(=O)Cc1cccc(C(F)(F)F)c1. The van der Waals surface area contributed by atoms with Crippen LogP contribution in [0.4, 0.5) is 13.2 Å². The van der Waals surface area contributed by atoms with Crippen LogP contribution >= 0.6 is 0 Å². The van der Waals surface area contributed by atoms with Gasteiger partial charge in [0.2, 0.25) is 5.91 Å². The second-order valence-electron chi connectivity index (χ2n) is 4.96. The maximum absolute atomic E-state index is 12.6. The third-order valence-corrected chi connectivity index (χ3v) is 2.95. The second-order valence-corrected chi connectivity index (χ2v) is 4.96. The largest absolute Gasteiger partial charge is 0.416 e. The summed E-state index contributed by atoms with van der Waals surface area (Å²) >= 11 is 0. The number of benzene rings is 1. The highest BCUT2D eigenvalue weighted by molar-refractivity contribution is 5.78. The molecule has 5 nitrogen and oxygen atoms in total. The maximum atomic E-state index is 12.6. The standard InChI is InChI=1S/C14H15F3N4O/c1-10(7-21-9-18-8-19-21)20-13(22)6-11-3-2-4-12(5-11)14(15,16)17/h2-5,8-10H,6-7H2,1H3,(H,20,22)/t10-/m1/s1. The van der Waals surface area contributed by atoms with Gasteiger partial charge in [-0.3, -0.25) is 9.48 Å². The van der Waals surface area contributed by atoms with Gasteiger partial charge in [-0.2, -0.15) is 18.3 Å². The smallest absolute Gasteiger partial charge is 0.351 e. The molecule has 0 fully saturated rings. The second kappa shape index (κ2) is 6.59. The molecular weight excluding hydrogens is 297 g/mol. The zero-order chi connectivity index (χ0) is 16.2. The van der Waals surface area contributed by atoms with Crippen LogP contribution in [0.2, 0.25) is 0 Å². The van der Waals surface area contributed by atoms with E-state index < -0.39 is 11.7 Å². The van der Waals surface area contributed by atoms with E-state index in [1.165, 1.54) is 24.8 Å². The van der Waals surface area contributed by atoms with Crippen LogP contribution in [0.1, 0.15) is 18.1 Å². The molecular formula is C14H15F3N4O. The van der Waals surface area contributed by atoms with Crippen molar-refractivity contribution < 1.29 is 18.0 Å². The van der Waals surface area contributed by atoms with E-state index in [1.807, 2.05) is 0 Å². The number of rotatable bonds is 5. The summed E-state index contributed by atoms with van der Waals surface area (Å²) in [4.78, 5) is 15.7. The third-order valence-electron chi connectivity index (χ3n) is 2.95. The van der Waals surface area contributed by atoms with Gasteiger partial charge in [0.15, 0.2) is 0 Å². The lowest BCUT2D eigenvalue weighted by Crippen LogP contribution is -2.36. The number of hydrogen-bond donors (Lipinski definition) is 1. The summed E-state index contributed by atoms with van der Waals surface area (Å²) in [7, 11) is 0. The van der Waals surface area contributed by atoms with Crippen molar-refractivity contribution >= 4 is 5.91 Å². The van der Waals surface area contributed by atoms with Crippen molar-refractivity contribution in [3.05, 3.63) is 48.0 Å². The van der Waals surface area contributed by atoms with Crippen LogP contribution in [0.3, 0.4) is 0 Å². The lowest BCUT2D eigenvalue weighted by Gasteiger charge is -2.14. The lowest BCUT2D eigenvalue weighted by atomic mass is 10.1. The van der Waals surface area contributed by atoms with Gasteiger partial charge in [-0.05, 0) is 18.6 Å². The summed E-state index contributed by atoms with van der Waals surface area (Å²) in [6.07, 6.45) is -1.61. The van der Waals surface area contributed by atoms with Crippen molar-refractivity contribution in [3.63, 3.8) is 0 Å². The molecule has 0 saturated carbocycles. The van der Waals surface area contributed by atoms with Crippen LogP contribution in [-0.2, 0) is 23.9 Å². The number of carbonyl (C=O) groups is 1. The molecule has 1 N–H and O–H groups in total. The molecule has 0 bridgehead atoms. The number of nitrogens with one attached hydrogen (secondary N) is 1. The van der Waals surface area contributed by atoms with Crippen molar-refractivity contribution in [3.8, 4) is 0 Å². The summed E-state index contributed by atoms with van der Waals surface area (Å²) in [5.74, 6) is -0.341. The van der Waals surface area contributed by atoms with Gasteiger partial charge < -0.3 is 5.32 Å². The topological polar surface area (TPSA) is 59.8 Å². The predicted octanol–water partition coefficient (Wildman–Crippen LogP) is 2.04. The molecule has 22 heavy (non-hydrogen) atoms. The first-order valence-electron chi connectivity index (χ1n) is 6.62. The number of aromatic nitrogens is 3. The van der Waals surface area contributed by atoms with E-state index in [1.54, 1.807) is 11.6 Å². The average Bonchev–Trinajstić information content (AvgIpc) is 2.90. The molecule has 2 aromatic rings. The molecule has 0 unspecified atom stereocenters. The minimum Gasteiger partial charge on any atom is -0.351 e. The van der Waals surface area contributed by atoms with Crippen LogP contribution in [0, 0.1) is 0 Å². The molecule has 1 atom stereocenters. The molecule has 8 heteroatoms. The number of alkyl halides is 3.